The Morgan fingerprint density at radius 3 is 1.62 bits per heavy atom. The minimum Gasteiger partial charge on any atom is -0.480 e. The van der Waals surface area contributed by atoms with Gasteiger partial charge in [0.1, 0.15) is 18.1 Å². The highest BCUT2D eigenvalue weighted by atomic mass is 32.2. The molecule has 7 N–H and O–H groups in total. The van der Waals surface area contributed by atoms with Crippen molar-refractivity contribution >= 4 is 41.5 Å². The summed E-state index contributed by atoms with van der Waals surface area (Å²) in [7, 11) is 0. The quantitative estimate of drug-likeness (QED) is 0.112. The first-order chi connectivity index (χ1) is 17.5. The highest BCUT2D eigenvalue weighted by Crippen LogP contribution is 2.20. The molecule has 0 rings (SSSR count). The van der Waals surface area contributed by atoms with E-state index >= 15 is 0 Å². The van der Waals surface area contributed by atoms with Crippen LogP contribution in [0.3, 0.4) is 0 Å². The molecule has 0 saturated carbocycles. The third-order valence-corrected chi connectivity index (χ3v) is 7.22. The number of amides is 2. The van der Waals surface area contributed by atoms with Crippen LogP contribution in [-0.2, 0) is 24.0 Å². The molecule has 11 nitrogen and oxygen atoms in total. The van der Waals surface area contributed by atoms with Crippen LogP contribution in [-0.4, -0.2) is 79.6 Å². The Morgan fingerprint density at radius 2 is 1.19 bits per heavy atom. The van der Waals surface area contributed by atoms with Crippen molar-refractivity contribution in [3.05, 3.63) is 0 Å². The molecule has 0 heterocycles. The number of nitrogens with two attached hydrogens (primary N) is 2. The van der Waals surface area contributed by atoms with E-state index in [1.165, 1.54) is 38.5 Å². The second-order valence-electron chi connectivity index (χ2n) is 9.28. The molecule has 0 radical (unpaired) electrons. The van der Waals surface area contributed by atoms with Crippen molar-refractivity contribution in [2.45, 2.75) is 115 Å². The topological polar surface area (TPSA) is 201 Å². The summed E-state index contributed by atoms with van der Waals surface area (Å²) in [5, 5.41) is 28.5. The van der Waals surface area contributed by atoms with Crippen LogP contribution in [0.4, 0.5) is 0 Å². The zero-order chi connectivity index (χ0) is 28.2. The Kier molecular flexibility index (Phi) is 19.4. The van der Waals surface area contributed by atoms with Crippen LogP contribution in [0.15, 0.2) is 0 Å². The summed E-state index contributed by atoms with van der Waals surface area (Å²) in [6, 6.07) is -4.31. The maximum atomic E-state index is 13.1. The van der Waals surface area contributed by atoms with Crippen LogP contribution in [0, 0.1) is 0 Å². The SMILES string of the molecule is CCCCCCCCCCCCCC(=O)N([C@H](CCC(N)=O)C(=O)O)[C@H](CSC[C@H](N)C(=O)O)C(=O)O. The van der Waals surface area contributed by atoms with E-state index in [9.17, 15) is 34.2 Å². The lowest BCUT2D eigenvalue weighted by Gasteiger charge is -2.34. The normalized spacial score (nSPS) is 13.5. The number of unbranched alkanes of at least 4 members (excludes halogenated alkanes) is 10. The number of aliphatic carboxylic acids is 3. The summed E-state index contributed by atoms with van der Waals surface area (Å²) in [5.41, 5.74) is 10.6. The van der Waals surface area contributed by atoms with E-state index in [1.54, 1.807) is 0 Å². The van der Waals surface area contributed by atoms with Gasteiger partial charge >= 0.3 is 17.9 Å². The van der Waals surface area contributed by atoms with E-state index in [0.717, 1.165) is 42.3 Å². The van der Waals surface area contributed by atoms with Crippen molar-refractivity contribution in [3.8, 4) is 0 Å². The lowest BCUT2D eigenvalue weighted by Crippen LogP contribution is -2.55. The molecule has 0 spiro atoms. The monoisotopic (exact) mass is 547 g/mol. The van der Waals surface area contributed by atoms with E-state index in [0.29, 0.717) is 6.42 Å². The third-order valence-electron chi connectivity index (χ3n) is 6.08. The highest BCUT2D eigenvalue weighted by Gasteiger charge is 2.38. The number of hydrogen-bond donors (Lipinski definition) is 5. The van der Waals surface area contributed by atoms with Crippen LogP contribution in [0.5, 0.6) is 0 Å². The van der Waals surface area contributed by atoms with Crippen molar-refractivity contribution in [3.63, 3.8) is 0 Å². The molecule has 0 aromatic carbocycles. The number of nitrogens with zero attached hydrogens (tertiary/aromatic N) is 1. The molecular formula is C25H45N3O8S. The van der Waals surface area contributed by atoms with Gasteiger partial charge in [-0.25, -0.2) is 9.59 Å². The molecule has 0 aliphatic heterocycles. The van der Waals surface area contributed by atoms with E-state index in [4.69, 9.17) is 16.6 Å². The van der Waals surface area contributed by atoms with Gasteiger partial charge in [-0.1, -0.05) is 71.1 Å². The fraction of sp³-hybridized carbons (Fsp3) is 0.800. The highest BCUT2D eigenvalue weighted by molar-refractivity contribution is 7.99. The molecule has 0 aromatic rings. The lowest BCUT2D eigenvalue weighted by atomic mass is 10.0. The fourth-order valence-electron chi connectivity index (χ4n) is 3.94. The number of carbonyl (C=O) groups is 5. The average Bonchev–Trinajstić information content (AvgIpc) is 2.82. The summed E-state index contributed by atoms with van der Waals surface area (Å²) < 4.78 is 0. The van der Waals surface area contributed by atoms with Gasteiger partial charge in [0, 0.05) is 24.3 Å². The Balaban J connectivity index is 5.08. The van der Waals surface area contributed by atoms with Crippen LogP contribution < -0.4 is 11.5 Å². The molecular weight excluding hydrogens is 502 g/mol. The molecule has 0 saturated heterocycles. The van der Waals surface area contributed by atoms with E-state index in [1.807, 2.05) is 0 Å². The van der Waals surface area contributed by atoms with Crippen molar-refractivity contribution in [1.82, 2.24) is 4.90 Å². The second kappa shape index (κ2) is 20.7. The maximum Gasteiger partial charge on any atom is 0.327 e. The van der Waals surface area contributed by atoms with Crippen molar-refractivity contribution in [2.24, 2.45) is 11.5 Å². The van der Waals surface area contributed by atoms with Gasteiger partial charge in [-0.15, -0.1) is 0 Å². The van der Waals surface area contributed by atoms with Gasteiger partial charge < -0.3 is 31.7 Å². The predicted molar refractivity (Wildman–Crippen MR) is 142 cm³/mol. The summed E-state index contributed by atoms with van der Waals surface area (Å²) in [6.45, 7) is 2.19. The Labute approximate surface area is 223 Å². The van der Waals surface area contributed by atoms with E-state index in [2.05, 4.69) is 6.92 Å². The summed E-state index contributed by atoms with van der Waals surface area (Å²) in [4.78, 5) is 60.1. The number of hydrogen-bond acceptors (Lipinski definition) is 7. The number of carbonyl (C=O) groups excluding carboxylic acids is 2. The van der Waals surface area contributed by atoms with Gasteiger partial charge in [0.05, 0.1) is 0 Å². The maximum absolute atomic E-state index is 13.1. The van der Waals surface area contributed by atoms with Crippen molar-refractivity contribution < 1.29 is 39.3 Å². The van der Waals surface area contributed by atoms with Gasteiger partial charge in [-0.3, -0.25) is 14.4 Å². The van der Waals surface area contributed by atoms with Gasteiger partial charge in [0.15, 0.2) is 0 Å². The van der Waals surface area contributed by atoms with Crippen molar-refractivity contribution in [1.29, 1.82) is 0 Å². The molecule has 214 valence electrons. The molecule has 0 aliphatic carbocycles. The first-order valence-electron chi connectivity index (χ1n) is 13.1. The third kappa shape index (κ3) is 16.2. The summed E-state index contributed by atoms with van der Waals surface area (Å²) in [6.07, 6.45) is 11.1. The average molecular weight is 548 g/mol. The second-order valence-corrected chi connectivity index (χ2v) is 10.4. The number of thioether (sulfide) groups is 1. The van der Waals surface area contributed by atoms with E-state index in [-0.39, 0.29) is 30.8 Å². The molecule has 0 fully saturated rings. The Bertz CT molecular complexity index is 722. The first-order valence-corrected chi connectivity index (χ1v) is 14.3. The minimum atomic E-state index is -1.55. The first kappa shape index (κ1) is 34.7. The number of carboxylic acids is 3. The molecule has 3 atom stereocenters. The summed E-state index contributed by atoms with van der Waals surface area (Å²) >= 11 is 0.906. The van der Waals surface area contributed by atoms with Gasteiger partial charge in [-0.05, 0) is 12.8 Å². The Morgan fingerprint density at radius 1 is 0.703 bits per heavy atom. The van der Waals surface area contributed by atoms with Gasteiger partial charge in [0.2, 0.25) is 11.8 Å². The van der Waals surface area contributed by atoms with Crippen LogP contribution in [0.25, 0.3) is 0 Å². The van der Waals surface area contributed by atoms with Crippen LogP contribution >= 0.6 is 11.8 Å². The largest absolute Gasteiger partial charge is 0.480 e. The molecule has 12 heteroatoms. The molecule has 2 amide bonds. The number of primary amides is 1. The molecule has 0 bridgehead atoms. The minimum absolute atomic E-state index is 0.0273. The van der Waals surface area contributed by atoms with Crippen LogP contribution in [0.2, 0.25) is 0 Å². The zero-order valence-corrected chi connectivity index (χ0v) is 22.8. The molecule has 0 aliphatic rings. The Hall–Kier alpha value is -2.34. The zero-order valence-electron chi connectivity index (χ0n) is 21.9. The standard InChI is InChI=1S/C25H45N3O8S/c1-2-3-4-5-6-7-8-9-10-11-12-13-22(30)28(19(24(33)34)14-15-21(27)29)20(25(35)36)17-37-16-18(26)23(31)32/h18-20H,2-17,26H2,1H3,(H2,27,29)(H,31,32)(H,33,34)(H,35,36)/t18-,19+,20+/m0/s1. The predicted octanol–water partition coefficient (Wildman–Crippen LogP) is 2.83. The van der Waals surface area contributed by atoms with Gasteiger partial charge in [0.25, 0.3) is 0 Å². The summed E-state index contributed by atoms with van der Waals surface area (Å²) in [5.74, 6) is -5.88. The molecule has 0 aromatic heterocycles. The number of rotatable bonds is 24. The molecule has 37 heavy (non-hydrogen) atoms. The lowest BCUT2D eigenvalue weighted by molar-refractivity contribution is -0.159. The van der Waals surface area contributed by atoms with Crippen molar-refractivity contribution in [2.75, 3.05) is 11.5 Å². The van der Waals surface area contributed by atoms with E-state index < -0.39 is 47.8 Å². The number of carboxylic acid groups (broad SMARTS) is 3. The van der Waals surface area contributed by atoms with Crippen LogP contribution in [0.1, 0.15) is 96.8 Å². The smallest absolute Gasteiger partial charge is 0.327 e. The van der Waals surface area contributed by atoms with Gasteiger partial charge in [-0.2, -0.15) is 11.8 Å². The molecule has 0 unspecified atom stereocenters. The fourth-order valence-corrected chi connectivity index (χ4v) is 5.00.